The van der Waals surface area contributed by atoms with Crippen molar-refractivity contribution in [2.45, 2.75) is 38.8 Å². The highest BCUT2D eigenvalue weighted by Crippen LogP contribution is 2.28. The number of aromatic nitrogens is 4. The van der Waals surface area contributed by atoms with E-state index in [0.717, 1.165) is 0 Å². The number of halogens is 1. The molecule has 1 aliphatic rings. The SMILES string of the molecule is CC1(Nc2cncc(-c3cnc(Oc4cccc(Cl)c4)nc3)n2)CN(C(=O)OC(C)(C)C)C1. The topological polar surface area (TPSA) is 102 Å². The van der Waals surface area contributed by atoms with E-state index in [1.54, 1.807) is 54.0 Å². The number of likely N-dealkylation sites (tertiary alicyclic amines) is 1. The Kier molecular flexibility index (Phi) is 6.07. The molecule has 1 amide bonds. The highest BCUT2D eigenvalue weighted by Gasteiger charge is 2.43. The third-order valence-corrected chi connectivity index (χ3v) is 4.96. The zero-order chi connectivity index (χ0) is 23.6. The maximum absolute atomic E-state index is 12.2. The first-order chi connectivity index (χ1) is 15.6. The number of hydrogen-bond acceptors (Lipinski definition) is 8. The van der Waals surface area contributed by atoms with Crippen LogP contribution in [0.25, 0.3) is 11.3 Å². The predicted molar refractivity (Wildman–Crippen MR) is 124 cm³/mol. The lowest BCUT2D eigenvalue weighted by molar-refractivity contribution is -0.00129. The summed E-state index contributed by atoms with van der Waals surface area (Å²) >= 11 is 5.97. The minimum atomic E-state index is -0.521. The first-order valence-electron chi connectivity index (χ1n) is 10.4. The van der Waals surface area contributed by atoms with Gasteiger partial charge in [-0.15, -0.1) is 0 Å². The molecule has 172 valence electrons. The molecule has 33 heavy (non-hydrogen) atoms. The minimum Gasteiger partial charge on any atom is -0.444 e. The average molecular weight is 469 g/mol. The minimum absolute atomic E-state index is 0.201. The third kappa shape index (κ3) is 5.87. The first-order valence-corrected chi connectivity index (χ1v) is 10.8. The van der Waals surface area contributed by atoms with Crippen LogP contribution in [-0.2, 0) is 4.74 Å². The van der Waals surface area contributed by atoms with Crippen LogP contribution in [0.3, 0.4) is 0 Å². The Balaban J connectivity index is 1.38. The molecule has 9 nitrogen and oxygen atoms in total. The van der Waals surface area contributed by atoms with Gasteiger partial charge in [-0.05, 0) is 45.9 Å². The summed E-state index contributed by atoms with van der Waals surface area (Å²) < 4.78 is 11.0. The molecule has 0 saturated carbocycles. The van der Waals surface area contributed by atoms with E-state index in [4.69, 9.17) is 21.1 Å². The largest absolute Gasteiger partial charge is 0.444 e. The Hall–Kier alpha value is -3.46. The zero-order valence-corrected chi connectivity index (χ0v) is 19.6. The molecule has 3 aromatic rings. The number of nitrogens with one attached hydrogen (secondary N) is 1. The maximum Gasteiger partial charge on any atom is 0.410 e. The molecule has 1 aromatic carbocycles. The Morgan fingerprint density at radius 2 is 1.88 bits per heavy atom. The van der Waals surface area contributed by atoms with Crippen molar-refractivity contribution in [2.75, 3.05) is 18.4 Å². The monoisotopic (exact) mass is 468 g/mol. The summed E-state index contributed by atoms with van der Waals surface area (Å²) in [7, 11) is 0. The summed E-state index contributed by atoms with van der Waals surface area (Å²) in [5.74, 6) is 1.15. The van der Waals surface area contributed by atoms with Gasteiger partial charge in [0.1, 0.15) is 17.2 Å². The Bertz CT molecular complexity index is 1140. The van der Waals surface area contributed by atoms with E-state index in [-0.39, 0.29) is 17.6 Å². The molecule has 0 atom stereocenters. The molecule has 0 aliphatic carbocycles. The van der Waals surface area contributed by atoms with E-state index >= 15 is 0 Å². The van der Waals surface area contributed by atoms with Crippen LogP contribution in [0.1, 0.15) is 27.7 Å². The van der Waals surface area contributed by atoms with Gasteiger partial charge in [-0.25, -0.2) is 19.7 Å². The smallest absolute Gasteiger partial charge is 0.410 e. The van der Waals surface area contributed by atoms with E-state index in [2.05, 4.69) is 25.3 Å². The van der Waals surface area contributed by atoms with E-state index in [9.17, 15) is 4.79 Å². The van der Waals surface area contributed by atoms with Crippen LogP contribution in [0.4, 0.5) is 10.6 Å². The van der Waals surface area contributed by atoms with Crippen LogP contribution < -0.4 is 10.1 Å². The second-order valence-corrected chi connectivity index (χ2v) is 9.56. The van der Waals surface area contributed by atoms with Crippen molar-refractivity contribution in [1.29, 1.82) is 0 Å². The molecule has 3 heterocycles. The van der Waals surface area contributed by atoms with Crippen molar-refractivity contribution in [3.63, 3.8) is 0 Å². The van der Waals surface area contributed by atoms with Gasteiger partial charge in [0.25, 0.3) is 0 Å². The van der Waals surface area contributed by atoms with Gasteiger partial charge >= 0.3 is 12.1 Å². The summed E-state index contributed by atoms with van der Waals surface area (Å²) in [4.78, 5) is 31.2. The lowest BCUT2D eigenvalue weighted by Crippen LogP contribution is -2.66. The van der Waals surface area contributed by atoms with Crippen molar-refractivity contribution in [1.82, 2.24) is 24.8 Å². The highest BCUT2D eigenvalue weighted by atomic mass is 35.5. The number of nitrogens with zero attached hydrogens (tertiary/aromatic N) is 5. The highest BCUT2D eigenvalue weighted by molar-refractivity contribution is 6.30. The summed E-state index contributed by atoms with van der Waals surface area (Å²) in [5, 5.41) is 3.93. The number of anilines is 1. The lowest BCUT2D eigenvalue weighted by atomic mass is 9.93. The third-order valence-electron chi connectivity index (χ3n) is 4.72. The summed E-state index contributed by atoms with van der Waals surface area (Å²) in [6.07, 6.45) is 6.20. The van der Waals surface area contributed by atoms with Gasteiger partial charge < -0.3 is 19.7 Å². The Morgan fingerprint density at radius 3 is 2.55 bits per heavy atom. The Labute approximate surface area is 197 Å². The van der Waals surface area contributed by atoms with Crippen molar-refractivity contribution in [3.8, 4) is 23.0 Å². The van der Waals surface area contributed by atoms with Crippen LogP contribution in [0, 0.1) is 0 Å². The van der Waals surface area contributed by atoms with Gasteiger partial charge in [0.15, 0.2) is 0 Å². The van der Waals surface area contributed by atoms with Gasteiger partial charge in [0, 0.05) is 36.1 Å². The fourth-order valence-electron chi connectivity index (χ4n) is 3.34. The van der Waals surface area contributed by atoms with Gasteiger partial charge in [-0.1, -0.05) is 17.7 Å². The molecule has 0 radical (unpaired) electrons. The number of hydrogen-bond donors (Lipinski definition) is 1. The molecule has 1 aliphatic heterocycles. The van der Waals surface area contributed by atoms with Crippen molar-refractivity contribution in [3.05, 3.63) is 54.1 Å². The number of carbonyl (C=O) groups is 1. The van der Waals surface area contributed by atoms with Crippen molar-refractivity contribution < 1.29 is 14.3 Å². The second kappa shape index (κ2) is 8.82. The number of benzene rings is 1. The van der Waals surface area contributed by atoms with Crippen LogP contribution >= 0.6 is 11.6 Å². The second-order valence-electron chi connectivity index (χ2n) is 9.13. The van der Waals surface area contributed by atoms with E-state index in [1.165, 1.54) is 0 Å². The van der Waals surface area contributed by atoms with Crippen molar-refractivity contribution >= 4 is 23.5 Å². The number of ether oxygens (including phenoxy) is 2. The van der Waals surface area contributed by atoms with E-state index in [0.29, 0.717) is 40.9 Å². The van der Waals surface area contributed by atoms with Crippen LogP contribution in [0.15, 0.2) is 49.1 Å². The summed E-state index contributed by atoms with van der Waals surface area (Å²) in [6, 6.07) is 7.21. The molecule has 2 aromatic heterocycles. The summed E-state index contributed by atoms with van der Waals surface area (Å²) in [5.41, 5.74) is 0.461. The fraction of sp³-hybridized carbons (Fsp3) is 0.348. The predicted octanol–water partition coefficient (Wildman–Crippen LogP) is 4.80. The molecule has 1 saturated heterocycles. The average Bonchev–Trinajstić information content (AvgIpc) is 2.71. The normalized spacial score (nSPS) is 14.9. The molecular formula is C23H25ClN6O3. The number of rotatable bonds is 5. The van der Waals surface area contributed by atoms with Gasteiger partial charge in [-0.2, -0.15) is 0 Å². The summed E-state index contributed by atoms with van der Waals surface area (Å²) in [6.45, 7) is 8.58. The zero-order valence-electron chi connectivity index (χ0n) is 18.9. The van der Waals surface area contributed by atoms with Crippen molar-refractivity contribution in [2.24, 2.45) is 0 Å². The molecular weight excluding hydrogens is 444 g/mol. The van der Waals surface area contributed by atoms with Crippen LogP contribution in [0.2, 0.25) is 5.02 Å². The van der Waals surface area contributed by atoms with E-state index < -0.39 is 5.60 Å². The first kappa shape index (κ1) is 22.7. The molecule has 1 fully saturated rings. The van der Waals surface area contributed by atoms with E-state index in [1.807, 2.05) is 27.7 Å². The number of amides is 1. The lowest BCUT2D eigenvalue weighted by Gasteiger charge is -2.48. The van der Waals surface area contributed by atoms with Crippen LogP contribution in [0.5, 0.6) is 11.8 Å². The molecule has 1 N–H and O–H groups in total. The van der Waals surface area contributed by atoms with Crippen LogP contribution in [-0.4, -0.2) is 55.2 Å². The molecule has 0 spiro atoms. The molecule has 0 bridgehead atoms. The maximum atomic E-state index is 12.2. The standard InChI is InChI=1S/C23H25ClN6O3/c1-22(2,3)33-21(31)30-13-23(4,14-30)29-19-12-25-11-18(28-19)15-9-26-20(27-10-15)32-17-7-5-6-16(24)8-17/h5-12H,13-14H2,1-4H3,(H,28,29). The quantitative estimate of drug-likeness (QED) is 0.569. The molecule has 4 rings (SSSR count). The Morgan fingerprint density at radius 1 is 1.15 bits per heavy atom. The van der Waals surface area contributed by atoms with Gasteiger partial charge in [0.05, 0.1) is 23.6 Å². The fourth-order valence-corrected chi connectivity index (χ4v) is 3.52. The molecule has 0 unspecified atom stereocenters. The van der Waals surface area contributed by atoms with Gasteiger partial charge in [-0.3, -0.25) is 4.98 Å². The van der Waals surface area contributed by atoms with Gasteiger partial charge in [0.2, 0.25) is 0 Å². The molecule has 10 heteroatoms. The number of carbonyl (C=O) groups excluding carboxylic acids is 1.